The average Bonchev–Trinajstić information content (AvgIpc) is 2.82. The highest BCUT2D eigenvalue weighted by atomic mass is 16.1. The third-order valence-electron chi connectivity index (χ3n) is 3.47. The van der Waals surface area contributed by atoms with Crippen molar-refractivity contribution in [1.29, 1.82) is 0 Å². The van der Waals surface area contributed by atoms with Crippen molar-refractivity contribution in [3.63, 3.8) is 0 Å². The smallest absolute Gasteiger partial charge is 0.140 e. The molecule has 0 saturated heterocycles. The molecule has 1 heterocycles. The molecule has 0 aliphatic carbocycles. The predicted octanol–water partition coefficient (Wildman–Crippen LogP) is 1.95. The second kappa shape index (κ2) is 8.80. The molecule has 0 radical (unpaired) electrons. The minimum atomic E-state index is 0.251. The lowest BCUT2D eigenvalue weighted by atomic mass is 9.95. The van der Waals surface area contributed by atoms with Gasteiger partial charge in [0.2, 0.25) is 0 Å². The summed E-state index contributed by atoms with van der Waals surface area (Å²) in [6.07, 6.45) is 6.60. The zero-order chi connectivity index (χ0) is 14.1. The molecular formula is C14H26N4O. The molecule has 0 aromatic carbocycles. The van der Waals surface area contributed by atoms with Crippen molar-refractivity contribution in [2.75, 3.05) is 6.54 Å². The Kier molecular flexibility index (Phi) is 7.33. The monoisotopic (exact) mass is 266 g/mol. The summed E-state index contributed by atoms with van der Waals surface area (Å²) in [5.74, 6) is 1.61. The van der Waals surface area contributed by atoms with Gasteiger partial charge in [-0.15, -0.1) is 0 Å². The fraction of sp³-hybridized carbons (Fsp3) is 0.786. The van der Waals surface area contributed by atoms with Gasteiger partial charge >= 0.3 is 0 Å². The number of ketones is 1. The predicted molar refractivity (Wildman–Crippen MR) is 75.7 cm³/mol. The maximum Gasteiger partial charge on any atom is 0.140 e. The van der Waals surface area contributed by atoms with Gasteiger partial charge in [-0.3, -0.25) is 4.79 Å². The van der Waals surface area contributed by atoms with Gasteiger partial charge in [0.05, 0.1) is 6.42 Å². The van der Waals surface area contributed by atoms with Gasteiger partial charge in [-0.1, -0.05) is 20.3 Å². The molecule has 0 fully saturated rings. The highest BCUT2D eigenvalue weighted by molar-refractivity contribution is 5.80. The first-order chi connectivity index (χ1) is 9.21. The number of rotatable bonds is 10. The summed E-state index contributed by atoms with van der Waals surface area (Å²) in [6, 6.07) is 0. The van der Waals surface area contributed by atoms with Crippen LogP contribution >= 0.6 is 0 Å². The normalized spacial score (nSPS) is 12.6. The Balaban J connectivity index is 2.40. The molecule has 1 aromatic rings. The lowest BCUT2D eigenvalue weighted by molar-refractivity contribution is -0.118. The van der Waals surface area contributed by atoms with Crippen LogP contribution in [0.15, 0.2) is 6.33 Å². The van der Waals surface area contributed by atoms with Gasteiger partial charge in [0.1, 0.15) is 17.9 Å². The van der Waals surface area contributed by atoms with Crippen LogP contribution in [-0.4, -0.2) is 27.1 Å². The van der Waals surface area contributed by atoms with Crippen molar-refractivity contribution >= 4 is 5.78 Å². The Morgan fingerprint density at radius 1 is 1.42 bits per heavy atom. The van der Waals surface area contributed by atoms with E-state index >= 15 is 0 Å². The average molecular weight is 266 g/mol. The van der Waals surface area contributed by atoms with Gasteiger partial charge in [0.25, 0.3) is 0 Å². The number of hydrogen-bond donors (Lipinski definition) is 1. The number of carbonyl (C=O) groups is 1. The van der Waals surface area contributed by atoms with Gasteiger partial charge in [-0.25, -0.2) is 9.67 Å². The van der Waals surface area contributed by atoms with E-state index in [-0.39, 0.29) is 5.78 Å². The Bertz CT molecular complexity index is 375. The highest BCUT2D eigenvalue weighted by Crippen LogP contribution is 2.15. The number of aromatic nitrogens is 3. The largest absolute Gasteiger partial charge is 0.330 e. The lowest BCUT2D eigenvalue weighted by Crippen LogP contribution is -2.14. The second-order valence-electron chi connectivity index (χ2n) is 5.01. The van der Waals surface area contributed by atoms with E-state index in [2.05, 4.69) is 23.9 Å². The van der Waals surface area contributed by atoms with Gasteiger partial charge in [0.15, 0.2) is 0 Å². The molecule has 1 unspecified atom stereocenters. The number of Topliss-reactive ketones (excluding diaryl/α,β-unsaturated/α-hetero) is 1. The zero-order valence-corrected chi connectivity index (χ0v) is 12.1. The summed E-state index contributed by atoms with van der Waals surface area (Å²) >= 11 is 0. The molecule has 0 aliphatic rings. The molecule has 0 spiro atoms. The molecule has 2 N–H and O–H groups in total. The SMILES string of the molecule is CCCn1ncnc1CC(=O)CCC(CC)CCN. The summed E-state index contributed by atoms with van der Waals surface area (Å²) in [6.45, 7) is 5.78. The minimum Gasteiger partial charge on any atom is -0.330 e. The van der Waals surface area contributed by atoms with Crippen molar-refractivity contribution in [2.45, 2.75) is 58.9 Å². The van der Waals surface area contributed by atoms with Crippen LogP contribution in [0.1, 0.15) is 51.8 Å². The van der Waals surface area contributed by atoms with Crippen LogP contribution in [0, 0.1) is 5.92 Å². The summed E-state index contributed by atoms with van der Waals surface area (Å²) in [5, 5.41) is 4.14. The Hall–Kier alpha value is -1.23. The maximum absolute atomic E-state index is 12.0. The van der Waals surface area contributed by atoms with Crippen LogP contribution < -0.4 is 5.73 Å². The van der Waals surface area contributed by atoms with Crippen LogP contribution in [0.5, 0.6) is 0 Å². The molecule has 19 heavy (non-hydrogen) atoms. The third kappa shape index (κ3) is 5.51. The van der Waals surface area contributed by atoms with Crippen molar-refractivity contribution in [3.8, 4) is 0 Å². The van der Waals surface area contributed by atoms with Gasteiger partial charge in [0, 0.05) is 13.0 Å². The molecule has 1 aromatic heterocycles. The molecule has 1 rings (SSSR count). The number of aryl methyl sites for hydroxylation is 1. The summed E-state index contributed by atoms with van der Waals surface area (Å²) in [4.78, 5) is 16.1. The van der Waals surface area contributed by atoms with E-state index in [0.29, 0.717) is 25.3 Å². The molecule has 5 heteroatoms. The Morgan fingerprint density at radius 2 is 2.21 bits per heavy atom. The fourth-order valence-electron chi connectivity index (χ4n) is 2.24. The first-order valence-corrected chi connectivity index (χ1v) is 7.29. The topological polar surface area (TPSA) is 73.8 Å². The van der Waals surface area contributed by atoms with E-state index in [9.17, 15) is 4.79 Å². The van der Waals surface area contributed by atoms with Gasteiger partial charge in [-0.05, 0) is 31.7 Å². The van der Waals surface area contributed by atoms with E-state index in [1.165, 1.54) is 6.33 Å². The van der Waals surface area contributed by atoms with E-state index in [4.69, 9.17) is 5.73 Å². The summed E-state index contributed by atoms with van der Waals surface area (Å²) < 4.78 is 1.83. The van der Waals surface area contributed by atoms with Crippen molar-refractivity contribution < 1.29 is 4.79 Å². The van der Waals surface area contributed by atoms with Crippen LogP contribution in [0.2, 0.25) is 0 Å². The van der Waals surface area contributed by atoms with Gasteiger partial charge < -0.3 is 5.73 Å². The van der Waals surface area contributed by atoms with Crippen LogP contribution in [0.4, 0.5) is 0 Å². The van der Waals surface area contributed by atoms with Crippen LogP contribution in [-0.2, 0) is 17.8 Å². The number of carbonyl (C=O) groups excluding carboxylic acids is 1. The Labute approximate surface area is 115 Å². The molecule has 0 saturated carbocycles. The molecular weight excluding hydrogens is 240 g/mol. The Morgan fingerprint density at radius 3 is 2.84 bits per heavy atom. The van der Waals surface area contributed by atoms with Crippen molar-refractivity contribution in [2.24, 2.45) is 11.7 Å². The van der Waals surface area contributed by atoms with Crippen molar-refractivity contribution in [3.05, 3.63) is 12.2 Å². The number of nitrogens with zero attached hydrogens (tertiary/aromatic N) is 3. The molecule has 0 amide bonds. The zero-order valence-electron chi connectivity index (χ0n) is 12.1. The standard InChI is InChI=1S/C14H26N4O/c1-3-9-18-14(16-11-17-18)10-13(19)6-5-12(4-2)7-8-15/h11-12H,3-10,15H2,1-2H3. The van der Waals surface area contributed by atoms with Crippen LogP contribution in [0.3, 0.4) is 0 Å². The summed E-state index contributed by atoms with van der Waals surface area (Å²) in [5.41, 5.74) is 5.57. The maximum atomic E-state index is 12.0. The van der Waals surface area contributed by atoms with E-state index in [1.54, 1.807) is 0 Å². The molecule has 0 aliphatic heterocycles. The first-order valence-electron chi connectivity index (χ1n) is 7.29. The van der Waals surface area contributed by atoms with E-state index < -0.39 is 0 Å². The lowest BCUT2D eigenvalue weighted by Gasteiger charge is -2.12. The molecule has 5 nitrogen and oxygen atoms in total. The quantitative estimate of drug-likeness (QED) is 0.702. The van der Waals surface area contributed by atoms with E-state index in [0.717, 1.165) is 38.1 Å². The minimum absolute atomic E-state index is 0.251. The fourth-order valence-corrected chi connectivity index (χ4v) is 2.24. The number of nitrogens with two attached hydrogens (primary N) is 1. The van der Waals surface area contributed by atoms with Crippen LogP contribution in [0.25, 0.3) is 0 Å². The van der Waals surface area contributed by atoms with Crippen molar-refractivity contribution in [1.82, 2.24) is 14.8 Å². The summed E-state index contributed by atoms with van der Waals surface area (Å²) in [7, 11) is 0. The second-order valence-corrected chi connectivity index (χ2v) is 5.01. The molecule has 1 atom stereocenters. The highest BCUT2D eigenvalue weighted by Gasteiger charge is 2.12. The molecule has 0 bridgehead atoms. The van der Waals surface area contributed by atoms with Gasteiger partial charge in [-0.2, -0.15) is 5.10 Å². The van der Waals surface area contributed by atoms with E-state index in [1.807, 2.05) is 4.68 Å². The molecule has 108 valence electrons. The third-order valence-corrected chi connectivity index (χ3v) is 3.47. The first kappa shape index (κ1) is 15.8. The number of hydrogen-bond acceptors (Lipinski definition) is 4.